The number of benzene rings is 2. The molecule has 0 radical (unpaired) electrons. The molecule has 0 fully saturated rings. The van der Waals surface area contributed by atoms with Gasteiger partial charge in [0.2, 0.25) is 6.41 Å². The quantitative estimate of drug-likeness (QED) is 0.172. The number of esters is 2. The van der Waals surface area contributed by atoms with Crippen LogP contribution in [0.3, 0.4) is 0 Å². The summed E-state index contributed by atoms with van der Waals surface area (Å²) in [7, 11) is 1.27. The van der Waals surface area contributed by atoms with Gasteiger partial charge in [-0.15, -0.1) is 0 Å². The number of unbranched alkanes of at least 4 members (excludes halogenated alkanes) is 2. The summed E-state index contributed by atoms with van der Waals surface area (Å²) in [6, 6.07) is 9.89. The molecule has 0 aliphatic heterocycles. The molecular formula is C25H27N3O7. The Morgan fingerprint density at radius 1 is 1.06 bits per heavy atom. The summed E-state index contributed by atoms with van der Waals surface area (Å²) in [6.45, 7) is 1.61. The molecule has 2 N–H and O–H groups in total. The second-order valence-corrected chi connectivity index (χ2v) is 7.95. The maximum Gasteiger partial charge on any atom is 0.340 e. The minimum atomic E-state index is -1.16. The topological polar surface area (TPSA) is 145 Å². The molecule has 184 valence electrons. The van der Waals surface area contributed by atoms with E-state index in [-0.39, 0.29) is 12.0 Å². The van der Waals surface area contributed by atoms with E-state index in [0.29, 0.717) is 40.5 Å². The zero-order valence-corrected chi connectivity index (χ0v) is 19.5. The molecule has 35 heavy (non-hydrogen) atoms. The molecule has 10 heteroatoms. The van der Waals surface area contributed by atoms with Crippen molar-refractivity contribution in [1.82, 2.24) is 15.3 Å². The highest BCUT2D eigenvalue weighted by Gasteiger charge is 2.34. The summed E-state index contributed by atoms with van der Waals surface area (Å²) in [5, 5.41) is 12.2. The van der Waals surface area contributed by atoms with Crippen molar-refractivity contribution < 1.29 is 33.8 Å². The number of hydrogen-bond acceptors (Lipinski definition) is 8. The van der Waals surface area contributed by atoms with E-state index in [1.807, 2.05) is 6.92 Å². The predicted octanol–water partition coefficient (Wildman–Crippen LogP) is 3.18. The smallest absolute Gasteiger partial charge is 0.340 e. The van der Waals surface area contributed by atoms with E-state index in [4.69, 9.17) is 9.47 Å². The third kappa shape index (κ3) is 5.89. The van der Waals surface area contributed by atoms with Crippen LogP contribution in [0.4, 0.5) is 0 Å². The molecule has 0 aliphatic rings. The Bertz CT molecular complexity index is 1240. The highest BCUT2D eigenvalue weighted by atomic mass is 16.5. The third-order valence-corrected chi connectivity index (χ3v) is 5.63. The first kappa shape index (κ1) is 25.5. The second kappa shape index (κ2) is 11.9. The molecule has 0 unspecified atom stereocenters. The number of methoxy groups -OCH3 is 1. The van der Waals surface area contributed by atoms with Crippen LogP contribution < -0.4 is 5.32 Å². The van der Waals surface area contributed by atoms with Crippen LogP contribution in [0.2, 0.25) is 0 Å². The first-order chi connectivity index (χ1) is 16.9. The number of aliphatic carboxylic acids is 1. The number of rotatable bonds is 12. The van der Waals surface area contributed by atoms with E-state index in [1.165, 1.54) is 7.11 Å². The number of carboxylic acids is 1. The van der Waals surface area contributed by atoms with E-state index >= 15 is 0 Å². The van der Waals surface area contributed by atoms with Crippen LogP contribution in [0, 0.1) is 5.92 Å². The van der Waals surface area contributed by atoms with Crippen molar-refractivity contribution in [3.63, 3.8) is 0 Å². The highest BCUT2D eigenvalue weighted by Crippen LogP contribution is 2.35. The van der Waals surface area contributed by atoms with Crippen LogP contribution in [0.5, 0.6) is 0 Å². The maximum absolute atomic E-state index is 12.4. The van der Waals surface area contributed by atoms with Crippen molar-refractivity contribution in [2.75, 3.05) is 13.7 Å². The van der Waals surface area contributed by atoms with Gasteiger partial charge in [-0.3, -0.25) is 14.4 Å². The lowest BCUT2D eigenvalue weighted by atomic mass is 9.89. The van der Waals surface area contributed by atoms with E-state index in [2.05, 4.69) is 15.3 Å². The van der Waals surface area contributed by atoms with Gasteiger partial charge in [-0.2, -0.15) is 0 Å². The molecule has 1 heterocycles. The molecular weight excluding hydrogens is 454 g/mol. The van der Waals surface area contributed by atoms with Crippen LogP contribution in [-0.2, 0) is 23.9 Å². The number of carbonyl (C=O) groups excluding carboxylic acids is 3. The average Bonchev–Trinajstić information content (AvgIpc) is 2.86. The SMILES string of the molecule is CCCCC[C@@H](C(=O)O)[C@H](OC(=O)CNC=O)c1cccc2nc3c(C(=O)OC)cccc3nc12. The van der Waals surface area contributed by atoms with E-state index in [0.717, 1.165) is 12.8 Å². The number of aromatic nitrogens is 2. The van der Waals surface area contributed by atoms with Gasteiger partial charge in [-0.1, -0.05) is 44.4 Å². The fraction of sp³-hybridized carbons (Fsp3) is 0.360. The number of ether oxygens (including phenoxy) is 2. The number of amides is 1. The first-order valence-corrected chi connectivity index (χ1v) is 11.3. The number of hydrogen-bond donors (Lipinski definition) is 2. The van der Waals surface area contributed by atoms with Gasteiger partial charge in [0.25, 0.3) is 0 Å². The standard InChI is InChI=1S/C25H27N3O7/c1-3-4-5-8-17(24(31)32)23(35-20(30)13-26-14-29)15-9-6-11-18-21(15)27-19-12-7-10-16(22(19)28-18)25(33)34-2/h6-7,9-12,14,17,23H,3-5,8,13H2,1-2H3,(H,26,29)(H,31,32)/t17-,23-/m1/s1. The van der Waals surface area contributed by atoms with Crippen LogP contribution in [0.25, 0.3) is 22.1 Å². The number of nitrogens with one attached hydrogen (secondary N) is 1. The minimum Gasteiger partial charge on any atom is -0.481 e. The lowest BCUT2D eigenvalue weighted by molar-refractivity contribution is -0.159. The Morgan fingerprint density at radius 2 is 1.74 bits per heavy atom. The molecule has 0 aliphatic carbocycles. The molecule has 10 nitrogen and oxygen atoms in total. The van der Waals surface area contributed by atoms with E-state index in [1.54, 1.807) is 36.4 Å². The molecule has 2 aromatic carbocycles. The fourth-order valence-corrected chi connectivity index (χ4v) is 3.93. The second-order valence-electron chi connectivity index (χ2n) is 7.95. The predicted molar refractivity (Wildman–Crippen MR) is 127 cm³/mol. The summed E-state index contributed by atoms with van der Waals surface area (Å²) in [4.78, 5) is 56.7. The number of para-hydroxylation sites is 2. The van der Waals surface area contributed by atoms with Gasteiger partial charge in [0.1, 0.15) is 18.2 Å². The van der Waals surface area contributed by atoms with E-state index in [9.17, 15) is 24.3 Å². The first-order valence-electron chi connectivity index (χ1n) is 11.3. The van der Waals surface area contributed by atoms with Crippen LogP contribution in [0.15, 0.2) is 36.4 Å². The van der Waals surface area contributed by atoms with E-state index < -0.39 is 36.5 Å². The van der Waals surface area contributed by atoms with Gasteiger partial charge in [-0.05, 0) is 24.6 Å². The molecule has 2 atom stereocenters. The fourth-order valence-electron chi connectivity index (χ4n) is 3.93. The Kier molecular flexibility index (Phi) is 8.66. The number of carboxylic acid groups (broad SMARTS) is 1. The van der Waals surface area contributed by atoms with Gasteiger partial charge in [0, 0.05) is 5.56 Å². The lowest BCUT2D eigenvalue weighted by Crippen LogP contribution is -2.30. The third-order valence-electron chi connectivity index (χ3n) is 5.63. The number of carbonyl (C=O) groups is 4. The number of nitrogens with zero attached hydrogens (tertiary/aromatic N) is 2. The Hall–Kier alpha value is -4.08. The zero-order chi connectivity index (χ0) is 25.4. The lowest BCUT2D eigenvalue weighted by Gasteiger charge is -2.25. The maximum atomic E-state index is 12.4. The van der Waals surface area contributed by atoms with Gasteiger partial charge in [0.05, 0.1) is 35.1 Å². The summed E-state index contributed by atoms with van der Waals surface area (Å²) in [5.41, 5.74) is 2.12. The Balaban J connectivity index is 2.16. The monoisotopic (exact) mass is 481 g/mol. The van der Waals surface area contributed by atoms with Gasteiger partial charge >= 0.3 is 17.9 Å². The molecule has 0 bridgehead atoms. The van der Waals surface area contributed by atoms with Crippen molar-refractivity contribution in [3.8, 4) is 0 Å². The van der Waals surface area contributed by atoms with Crippen molar-refractivity contribution in [3.05, 3.63) is 47.5 Å². The molecule has 1 aromatic heterocycles. The molecule has 0 spiro atoms. The summed E-state index contributed by atoms with van der Waals surface area (Å²) in [6.07, 6.45) is 1.84. The molecule has 1 amide bonds. The molecule has 0 saturated heterocycles. The van der Waals surface area contributed by atoms with Crippen molar-refractivity contribution >= 4 is 46.4 Å². The van der Waals surface area contributed by atoms with Crippen molar-refractivity contribution in [2.24, 2.45) is 5.92 Å². The summed E-state index contributed by atoms with van der Waals surface area (Å²) < 4.78 is 10.4. The summed E-state index contributed by atoms with van der Waals surface area (Å²) in [5.74, 6) is -3.48. The van der Waals surface area contributed by atoms with Gasteiger partial charge in [0.15, 0.2) is 0 Å². The van der Waals surface area contributed by atoms with Crippen molar-refractivity contribution in [2.45, 2.75) is 38.7 Å². The normalized spacial score (nSPS) is 12.6. The van der Waals surface area contributed by atoms with Crippen LogP contribution >= 0.6 is 0 Å². The van der Waals surface area contributed by atoms with Crippen molar-refractivity contribution in [1.29, 1.82) is 0 Å². The van der Waals surface area contributed by atoms with Crippen LogP contribution in [0.1, 0.15) is 54.6 Å². The molecule has 3 aromatic rings. The molecule has 3 rings (SSSR count). The largest absolute Gasteiger partial charge is 0.481 e. The minimum absolute atomic E-state index is 0.246. The number of fused-ring (bicyclic) bond motifs is 2. The zero-order valence-electron chi connectivity index (χ0n) is 19.5. The average molecular weight is 482 g/mol. The molecule has 0 saturated carbocycles. The van der Waals surface area contributed by atoms with Gasteiger partial charge in [-0.25, -0.2) is 14.8 Å². The summed E-state index contributed by atoms with van der Waals surface area (Å²) >= 11 is 0. The van der Waals surface area contributed by atoms with Gasteiger partial charge < -0.3 is 19.9 Å². The van der Waals surface area contributed by atoms with Crippen LogP contribution in [-0.4, -0.2) is 53.0 Å². The highest BCUT2D eigenvalue weighted by molar-refractivity contribution is 6.03. The Morgan fingerprint density at radius 3 is 2.40 bits per heavy atom. The Labute approximate surface area is 201 Å².